The summed E-state index contributed by atoms with van der Waals surface area (Å²) in [7, 11) is 0. The Labute approximate surface area is 133 Å². The molecule has 2 aromatic rings. The van der Waals surface area contributed by atoms with E-state index in [2.05, 4.69) is 67.0 Å². The summed E-state index contributed by atoms with van der Waals surface area (Å²) in [6.45, 7) is 6.65. The zero-order valence-electron chi connectivity index (χ0n) is 11.8. The van der Waals surface area contributed by atoms with Gasteiger partial charge in [0.2, 0.25) is 0 Å². The lowest BCUT2D eigenvalue weighted by atomic mass is 9.87. The first-order chi connectivity index (χ1) is 9.40. The van der Waals surface area contributed by atoms with E-state index in [0.29, 0.717) is 5.56 Å². The van der Waals surface area contributed by atoms with Crippen LogP contribution in [-0.4, -0.2) is 0 Å². The maximum Gasteiger partial charge on any atom is 0.100 e. The summed E-state index contributed by atoms with van der Waals surface area (Å²) < 4.78 is 0.844. The fraction of sp³-hybridized carbons (Fsp3) is 0.235. The number of rotatable bonds is 2. The minimum atomic E-state index is 0.181. The molecule has 0 amide bonds. The van der Waals surface area contributed by atoms with E-state index in [-0.39, 0.29) is 5.41 Å². The van der Waals surface area contributed by atoms with Crippen molar-refractivity contribution in [3.8, 4) is 6.07 Å². The van der Waals surface area contributed by atoms with Gasteiger partial charge in [-0.25, -0.2) is 0 Å². The monoisotopic (exact) mass is 345 g/mol. The van der Waals surface area contributed by atoms with Crippen molar-refractivity contribution >= 4 is 27.7 Å². The number of halogens is 1. The highest BCUT2D eigenvalue weighted by Gasteiger charge is 2.13. The van der Waals surface area contributed by atoms with Crippen molar-refractivity contribution in [3.05, 3.63) is 58.1 Å². The van der Waals surface area contributed by atoms with Crippen molar-refractivity contribution in [1.82, 2.24) is 0 Å². The van der Waals surface area contributed by atoms with Crippen LogP contribution in [0.25, 0.3) is 0 Å². The van der Waals surface area contributed by atoms with Gasteiger partial charge >= 0.3 is 0 Å². The molecule has 102 valence electrons. The third kappa shape index (κ3) is 3.65. The van der Waals surface area contributed by atoms with Gasteiger partial charge in [0.15, 0.2) is 0 Å². The second kappa shape index (κ2) is 6.03. The van der Waals surface area contributed by atoms with Gasteiger partial charge in [-0.2, -0.15) is 5.26 Å². The second-order valence-electron chi connectivity index (χ2n) is 5.63. The Balaban J connectivity index is 2.19. The highest BCUT2D eigenvalue weighted by atomic mass is 79.9. The molecular weight excluding hydrogens is 330 g/mol. The van der Waals surface area contributed by atoms with E-state index < -0.39 is 0 Å². The Hall–Kier alpha value is -1.24. The predicted molar refractivity (Wildman–Crippen MR) is 88.1 cm³/mol. The Morgan fingerprint density at radius 3 is 2.10 bits per heavy atom. The van der Waals surface area contributed by atoms with Crippen LogP contribution in [-0.2, 0) is 5.41 Å². The van der Waals surface area contributed by atoms with Crippen LogP contribution in [0.5, 0.6) is 0 Å². The highest BCUT2D eigenvalue weighted by molar-refractivity contribution is 9.10. The molecule has 0 fully saturated rings. The van der Waals surface area contributed by atoms with Gasteiger partial charge in [-0.1, -0.05) is 44.7 Å². The lowest BCUT2D eigenvalue weighted by Gasteiger charge is -2.19. The first kappa shape index (κ1) is 15.2. The van der Waals surface area contributed by atoms with Crippen LogP contribution in [0.2, 0.25) is 0 Å². The van der Waals surface area contributed by atoms with Crippen LogP contribution in [0.3, 0.4) is 0 Å². The zero-order valence-corrected chi connectivity index (χ0v) is 14.2. The van der Waals surface area contributed by atoms with Gasteiger partial charge in [0.05, 0.1) is 5.56 Å². The smallest absolute Gasteiger partial charge is 0.100 e. The van der Waals surface area contributed by atoms with Gasteiger partial charge < -0.3 is 0 Å². The molecule has 0 aliphatic rings. The Bertz CT molecular complexity index is 648. The molecule has 0 saturated heterocycles. The molecule has 0 heterocycles. The largest absolute Gasteiger partial charge is 0.192 e. The fourth-order valence-electron chi connectivity index (χ4n) is 1.81. The van der Waals surface area contributed by atoms with E-state index in [1.807, 2.05) is 18.2 Å². The molecule has 2 aromatic carbocycles. The average Bonchev–Trinajstić information content (AvgIpc) is 2.38. The number of benzene rings is 2. The molecule has 0 radical (unpaired) electrons. The third-order valence-electron chi connectivity index (χ3n) is 3.02. The van der Waals surface area contributed by atoms with E-state index in [1.54, 1.807) is 11.8 Å². The van der Waals surface area contributed by atoms with Gasteiger partial charge in [-0.15, -0.1) is 0 Å². The standard InChI is InChI=1S/C17H16BrNS/c1-17(2,3)13-5-8-14(9-6-13)20-15-7-4-12(11-19)16(18)10-15/h4-10H,1-3H3. The lowest BCUT2D eigenvalue weighted by molar-refractivity contribution is 0.590. The van der Waals surface area contributed by atoms with E-state index in [9.17, 15) is 0 Å². The molecule has 20 heavy (non-hydrogen) atoms. The average molecular weight is 346 g/mol. The van der Waals surface area contributed by atoms with E-state index >= 15 is 0 Å². The van der Waals surface area contributed by atoms with Gasteiger partial charge in [-0.3, -0.25) is 0 Å². The predicted octanol–water partition coefficient (Wildman–Crippen LogP) is 5.77. The number of hydrogen-bond donors (Lipinski definition) is 0. The second-order valence-corrected chi connectivity index (χ2v) is 7.63. The molecule has 0 N–H and O–H groups in total. The number of hydrogen-bond acceptors (Lipinski definition) is 2. The van der Waals surface area contributed by atoms with Crippen molar-refractivity contribution in [2.75, 3.05) is 0 Å². The van der Waals surface area contributed by atoms with Crippen molar-refractivity contribution in [2.45, 2.75) is 36.0 Å². The fourth-order valence-corrected chi connectivity index (χ4v) is 3.29. The van der Waals surface area contributed by atoms with Crippen molar-refractivity contribution < 1.29 is 0 Å². The maximum absolute atomic E-state index is 8.92. The molecule has 1 nitrogen and oxygen atoms in total. The molecule has 2 rings (SSSR count). The third-order valence-corrected chi connectivity index (χ3v) is 4.67. The topological polar surface area (TPSA) is 23.8 Å². The Morgan fingerprint density at radius 1 is 1.00 bits per heavy atom. The van der Waals surface area contributed by atoms with Gasteiger partial charge in [0.25, 0.3) is 0 Å². The van der Waals surface area contributed by atoms with Crippen LogP contribution >= 0.6 is 27.7 Å². The molecule has 0 spiro atoms. The summed E-state index contributed by atoms with van der Waals surface area (Å²) in [6, 6.07) is 16.6. The van der Waals surface area contributed by atoms with Crippen LogP contribution in [0.1, 0.15) is 31.9 Å². The SMILES string of the molecule is CC(C)(C)c1ccc(Sc2ccc(C#N)c(Br)c2)cc1. The first-order valence-electron chi connectivity index (χ1n) is 6.38. The van der Waals surface area contributed by atoms with E-state index in [1.165, 1.54) is 10.5 Å². The van der Waals surface area contributed by atoms with Crippen LogP contribution < -0.4 is 0 Å². The van der Waals surface area contributed by atoms with Crippen LogP contribution in [0.15, 0.2) is 56.7 Å². The quantitative estimate of drug-likeness (QED) is 0.689. The first-order valence-corrected chi connectivity index (χ1v) is 7.99. The van der Waals surface area contributed by atoms with Crippen molar-refractivity contribution in [3.63, 3.8) is 0 Å². The summed E-state index contributed by atoms with van der Waals surface area (Å²) in [5, 5.41) is 8.92. The van der Waals surface area contributed by atoms with Crippen molar-refractivity contribution in [1.29, 1.82) is 5.26 Å². The van der Waals surface area contributed by atoms with Gasteiger partial charge in [-0.05, 0) is 57.2 Å². The Kier molecular flexibility index (Phi) is 4.57. The molecular formula is C17H16BrNS. The minimum absolute atomic E-state index is 0.181. The summed E-state index contributed by atoms with van der Waals surface area (Å²) in [4.78, 5) is 2.33. The highest BCUT2D eigenvalue weighted by Crippen LogP contribution is 2.32. The normalized spacial score (nSPS) is 11.2. The van der Waals surface area contributed by atoms with Crippen molar-refractivity contribution in [2.24, 2.45) is 0 Å². The lowest BCUT2D eigenvalue weighted by Crippen LogP contribution is -2.10. The number of nitrogens with zero attached hydrogens (tertiary/aromatic N) is 1. The molecule has 0 unspecified atom stereocenters. The molecule has 0 atom stereocenters. The maximum atomic E-state index is 8.92. The summed E-state index contributed by atoms with van der Waals surface area (Å²) in [6.07, 6.45) is 0. The molecule has 0 aliphatic heterocycles. The van der Waals surface area contributed by atoms with Crippen LogP contribution in [0.4, 0.5) is 0 Å². The molecule has 0 aromatic heterocycles. The van der Waals surface area contributed by atoms with Gasteiger partial charge in [0, 0.05) is 14.3 Å². The summed E-state index contributed by atoms with van der Waals surface area (Å²) in [5.74, 6) is 0. The molecule has 0 aliphatic carbocycles. The molecule has 3 heteroatoms. The minimum Gasteiger partial charge on any atom is -0.192 e. The van der Waals surface area contributed by atoms with Crippen LogP contribution in [0, 0.1) is 11.3 Å². The summed E-state index contributed by atoms with van der Waals surface area (Å²) in [5.41, 5.74) is 2.18. The molecule has 0 saturated carbocycles. The van der Waals surface area contributed by atoms with Gasteiger partial charge in [0.1, 0.15) is 6.07 Å². The molecule has 0 bridgehead atoms. The van der Waals surface area contributed by atoms with E-state index in [4.69, 9.17) is 5.26 Å². The Morgan fingerprint density at radius 2 is 1.60 bits per heavy atom. The summed E-state index contributed by atoms with van der Waals surface area (Å²) >= 11 is 5.12. The number of nitriles is 1. The zero-order chi connectivity index (χ0) is 14.8. The van der Waals surface area contributed by atoms with E-state index in [0.717, 1.165) is 9.37 Å².